The van der Waals surface area contributed by atoms with Crippen molar-refractivity contribution in [1.82, 2.24) is 19.1 Å². The lowest BCUT2D eigenvalue weighted by atomic mass is 9.67. The van der Waals surface area contributed by atoms with Gasteiger partial charge in [-0.15, -0.1) is 11.3 Å². The third kappa shape index (κ3) is 7.35. The van der Waals surface area contributed by atoms with Gasteiger partial charge in [0, 0.05) is 54.8 Å². The summed E-state index contributed by atoms with van der Waals surface area (Å²) in [7, 11) is 0. The fourth-order valence-electron chi connectivity index (χ4n) is 17.7. The van der Waals surface area contributed by atoms with E-state index in [0.717, 1.165) is 97.9 Å². The Hall–Kier alpha value is -12.3. The Kier molecular flexibility index (Phi) is 11.5. The number of nitrogens with zero attached hydrogens (tertiary/aromatic N) is 4. The van der Waals surface area contributed by atoms with Gasteiger partial charge in [-0.3, -0.25) is 0 Å². The van der Waals surface area contributed by atoms with E-state index in [9.17, 15) is 0 Å². The predicted molar refractivity (Wildman–Crippen MR) is 404 cm³/mol. The third-order valence-electron chi connectivity index (χ3n) is 21.5. The molecule has 15 aromatic carbocycles. The van der Waals surface area contributed by atoms with Crippen LogP contribution >= 0.6 is 11.3 Å². The van der Waals surface area contributed by atoms with Crippen molar-refractivity contribution in [1.29, 1.82) is 0 Å². The SMILES string of the molecule is c1ccc(C2(c3ccccc3)c3ccccc3-c3c(-c4sc(-c5cccc6c5-c5ccccc5C6(c5ccccc5)c5ccccc5)c5nc6c7cc(-n8c9ccccc9c9ccccc98)ccc7c7ccc(-n8c9ccccc9c9ccccc98)cc7c6nc45)cccc32)cc1. The summed E-state index contributed by atoms with van der Waals surface area (Å²) in [6.45, 7) is 0. The van der Waals surface area contributed by atoms with E-state index in [0.29, 0.717) is 0 Å². The van der Waals surface area contributed by atoms with Crippen molar-refractivity contribution in [3.63, 3.8) is 0 Å². The number of aromatic nitrogens is 4. The predicted octanol–water partition coefficient (Wildman–Crippen LogP) is 23.4. The molecule has 0 saturated carbocycles. The van der Waals surface area contributed by atoms with Gasteiger partial charge < -0.3 is 9.13 Å². The molecule has 0 N–H and O–H groups in total. The lowest BCUT2D eigenvalue weighted by Gasteiger charge is -2.34. The van der Waals surface area contributed by atoms with Crippen molar-refractivity contribution in [2.45, 2.75) is 10.8 Å². The first-order chi connectivity index (χ1) is 48.2. The zero-order valence-corrected chi connectivity index (χ0v) is 53.3. The number of hydrogen-bond donors (Lipinski definition) is 0. The maximum Gasteiger partial charge on any atom is 0.109 e. The summed E-state index contributed by atoms with van der Waals surface area (Å²) in [4.78, 5) is 14.8. The smallest absolute Gasteiger partial charge is 0.109 e. The van der Waals surface area contributed by atoms with E-state index in [1.54, 1.807) is 0 Å². The van der Waals surface area contributed by atoms with Crippen molar-refractivity contribution >= 4 is 98.6 Å². The molecule has 0 amide bonds. The number of hydrogen-bond acceptors (Lipinski definition) is 3. The Bertz CT molecular complexity index is 5920. The van der Waals surface area contributed by atoms with E-state index in [-0.39, 0.29) is 0 Å². The summed E-state index contributed by atoms with van der Waals surface area (Å²) in [5.74, 6) is 0. The van der Waals surface area contributed by atoms with Gasteiger partial charge in [0.1, 0.15) is 11.0 Å². The molecule has 2 aliphatic carbocycles. The summed E-state index contributed by atoms with van der Waals surface area (Å²) in [5, 5.41) is 9.20. The van der Waals surface area contributed by atoms with Crippen LogP contribution in [0.4, 0.5) is 0 Å². The van der Waals surface area contributed by atoms with Gasteiger partial charge in [0.2, 0.25) is 0 Å². The molecule has 0 spiro atoms. The normalized spacial score (nSPS) is 13.5. The van der Waals surface area contributed by atoms with Gasteiger partial charge >= 0.3 is 0 Å². The van der Waals surface area contributed by atoms with Crippen LogP contribution in [0.3, 0.4) is 0 Å². The highest BCUT2D eigenvalue weighted by molar-refractivity contribution is 7.21. The molecule has 0 atom stereocenters. The quantitative estimate of drug-likeness (QED) is 0.142. The fraction of sp³-hybridized carbons (Fsp3) is 0.0217. The van der Waals surface area contributed by atoms with Crippen LogP contribution in [-0.2, 0) is 10.8 Å². The topological polar surface area (TPSA) is 35.6 Å². The molecular weight excluding hydrogens is 1190 g/mol. The van der Waals surface area contributed by atoms with E-state index in [1.807, 2.05) is 11.3 Å². The molecule has 0 bridgehead atoms. The lowest BCUT2D eigenvalue weighted by molar-refractivity contribution is 0.768. The molecule has 0 radical (unpaired) electrons. The summed E-state index contributed by atoms with van der Waals surface area (Å²) < 4.78 is 4.86. The van der Waals surface area contributed by atoms with Crippen molar-refractivity contribution < 1.29 is 0 Å². The van der Waals surface area contributed by atoms with Crippen LogP contribution in [0.1, 0.15) is 44.5 Å². The first-order valence-corrected chi connectivity index (χ1v) is 34.3. The van der Waals surface area contributed by atoms with E-state index in [2.05, 4.69) is 349 Å². The largest absolute Gasteiger partial charge is 0.309 e. The van der Waals surface area contributed by atoms with Crippen molar-refractivity contribution in [3.8, 4) is 54.5 Å². The average Bonchev–Trinajstić information content (AvgIpc) is 1.54. The minimum atomic E-state index is -0.618. The Morgan fingerprint density at radius 1 is 0.227 bits per heavy atom. The molecule has 450 valence electrons. The van der Waals surface area contributed by atoms with Gasteiger partial charge in [-0.25, -0.2) is 9.97 Å². The molecule has 0 saturated heterocycles. The van der Waals surface area contributed by atoms with Gasteiger partial charge in [-0.05, 0) is 126 Å². The van der Waals surface area contributed by atoms with Gasteiger partial charge in [0.25, 0.3) is 0 Å². The fourth-order valence-corrected chi connectivity index (χ4v) is 18.9. The number of benzene rings is 15. The molecule has 4 nitrogen and oxygen atoms in total. The Morgan fingerprint density at radius 2 is 0.526 bits per heavy atom. The maximum absolute atomic E-state index is 6.35. The molecule has 4 heterocycles. The number of para-hydroxylation sites is 4. The summed E-state index contributed by atoms with van der Waals surface area (Å²) in [6.07, 6.45) is 0. The Balaban J connectivity index is 0.925. The van der Waals surface area contributed by atoms with Gasteiger partial charge in [0.05, 0.1) is 53.7 Å². The molecule has 4 aromatic heterocycles. The van der Waals surface area contributed by atoms with Crippen LogP contribution in [0.25, 0.3) is 142 Å². The van der Waals surface area contributed by atoms with Crippen LogP contribution in [-0.4, -0.2) is 19.1 Å². The number of fused-ring (bicyclic) bond motifs is 19. The van der Waals surface area contributed by atoms with E-state index >= 15 is 0 Å². The highest BCUT2D eigenvalue weighted by atomic mass is 32.1. The monoisotopic (exact) mass is 1250 g/mol. The molecule has 2 aliphatic rings. The Morgan fingerprint density at radius 3 is 0.887 bits per heavy atom. The molecule has 97 heavy (non-hydrogen) atoms. The average molecular weight is 1250 g/mol. The van der Waals surface area contributed by atoms with E-state index < -0.39 is 10.8 Å². The summed E-state index contributed by atoms with van der Waals surface area (Å²) >= 11 is 1.84. The summed E-state index contributed by atoms with van der Waals surface area (Å²) in [5.41, 5.74) is 26.0. The summed E-state index contributed by atoms with van der Waals surface area (Å²) in [6, 6.07) is 126. The molecule has 0 fully saturated rings. The molecule has 5 heteroatoms. The molecule has 0 aliphatic heterocycles. The first-order valence-electron chi connectivity index (χ1n) is 33.5. The number of rotatable bonds is 8. The van der Waals surface area contributed by atoms with Crippen LogP contribution in [0.2, 0.25) is 0 Å². The zero-order chi connectivity index (χ0) is 63.5. The lowest BCUT2D eigenvalue weighted by Crippen LogP contribution is -2.28. The minimum Gasteiger partial charge on any atom is -0.309 e. The minimum absolute atomic E-state index is 0.618. The second-order valence-electron chi connectivity index (χ2n) is 26.1. The second-order valence-corrected chi connectivity index (χ2v) is 27.1. The Labute approximate surface area is 563 Å². The zero-order valence-electron chi connectivity index (χ0n) is 52.5. The first kappa shape index (κ1) is 54.1. The van der Waals surface area contributed by atoms with Crippen LogP contribution in [0.5, 0.6) is 0 Å². The third-order valence-corrected chi connectivity index (χ3v) is 22.7. The van der Waals surface area contributed by atoms with Gasteiger partial charge in [-0.1, -0.05) is 291 Å². The van der Waals surface area contributed by atoms with Gasteiger partial charge in [-0.2, -0.15) is 0 Å². The van der Waals surface area contributed by atoms with Crippen LogP contribution in [0.15, 0.2) is 340 Å². The second kappa shape index (κ2) is 20.6. The molecule has 19 aromatic rings. The highest BCUT2D eigenvalue weighted by Crippen LogP contribution is 2.63. The highest BCUT2D eigenvalue weighted by Gasteiger charge is 2.49. The maximum atomic E-state index is 6.35. The van der Waals surface area contributed by atoms with Crippen LogP contribution < -0.4 is 0 Å². The molecular formula is C92H56N4S. The molecule has 21 rings (SSSR count). The van der Waals surface area contributed by atoms with E-state index in [1.165, 1.54) is 88.3 Å². The van der Waals surface area contributed by atoms with E-state index in [4.69, 9.17) is 9.97 Å². The standard InChI is InChI=1S/C92H56N4S/c1-5-27-57(28-6-1)91(58-29-7-2-8-30-58)75-43-19-13-39-69(75)83-71(41-25-45-77(83)91)89-87-88(90(97-89)72-42-26-46-78-84(72)70-40-14-20-44-76(70)92(78,59-31-9-3-10-32-59)60-33-11-4-12-34-60)94-86-74-56-62(96-81-49-23-17-37-67(81)68-38-18-24-50-82(68)96)52-54-64(74)63-53-51-61(55-73(63)85(86)93-87)95-79-47-21-15-35-65(79)66-36-16-22-48-80(66)95/h1-56H. The van der Waals surface area contributed by atoms with Crippen molar-refractivity contribution in [2.75, 3.05) is 0 Å². The molecule has 0 unspecified atom stereocenters. The van der Waals surface area contributed by atoms with Crippen molar-refractivity contribution in [2.24, 2.45) is 0 Å². The van der Waals surface area contributed by atoms with Gasteiger partial charge in [0.15, 0.2) is 0 Å². The van der Waals surface area contributed by atoms with Crippen molar-refractivity contribution in [3.05, 3.63) is 384 Å². The number of thiophene rings is 1. The van der Waals surface area contributed by atoms with Crippen LogP contribution in [0, 0.1) is 0 Å².